The summed E-state index contributed by atoms with van der Waals surface area (Å²) < 4.78 is 5.83. The summed E-state index contributed by atoms with van der Waals surface area (Å²) in [4.78, 5) is 19.0. The van der Waals surface area contributed by atoms with Crippen LogP contribution < -0.4 is 11.1 Å². The number of amides is 1. The molecule has 7 heteroatoms. The predicted octanol–water partition coefficient (Wildman–Crippen LogP) is 2.06. The number of primary amides is 1. The molecule has 0 radical (unpaired) electrons. The maximum atomic E-state index is 10.6. The van der Waals surface area contributed by atoms with Crippen LogP contribution in [-0.4, -0.2) is 28.2 Å². The number of hydrogen-bond acceptors (Lipinski definition) is 5. The Bertz CT molecular complexity index is 404. The summed E-state index contributed by atoms with van der Waals surface area (Å²) in [6.45, 7) is 0. The molecule has 0 unspecified atom stereocenters. The maximum Gasteiger partial charge on any atom is 0.404 e. The molecule has 2 rings (SSSR count). The highest BCUT2D eigenvalue weighted by Crippen LogP contribution is 2.23. The number of anilines is 1. The first-order chi connectivity index (χ1) is 8.63. The summed E-state index contributed by atoms with van der Waals surface area (Å²) in [5.41, 5.74) is 4.99. The van der Waals surface area contributed by atoms with Crippen LogP contribution >= 0.6 is 15.9 Å². The average molecular weight is 315 g/mol. The second-order valence-electron chi connectivity index (χ2n) is 4.28. The molecule has 98 valence electrons. The summed E-state index contributed by atoms with van der Waals surface area (Å²) in [6, 6.07) is 0.318. The second-order valence-corrected chi connectivity index (χ2v) is 5.20. The third-order valence-corrected chi connectivity index (χ3v) is 3.32. The minimum absolute atomic E-state index is 0.0496. The normalized spacial score (nSPS) is 23.4. The van der Waals surface area contributed by atoms with Gasteiger partial charge in [0.15, 0.2) is 0 Å². The lowest BCUT2D eigenvalue weighted by atomic mass is 9.93. The van der Waals surface area contributed by atoms with Crippen molar-refractivity contribution < 1.29 is 9.53 Å². The van der Waals surface area contributed by atoms with E-state index in [4.69, 9.17) is 10.5 Å². The van der Waals surface area contributed by atoms with Gasteiger partial charge in [-0.3, -0.25) is 0 Å². The van der Waals surface area contributed by atoms with E-state index in [0.717, 1.165) is 30.2 Å². The minimum Gasteiger partial charge on any atom is -0.446 e. The van der Waals surface area contributed by atoms with Crippen molar-refractivity contribution in [2.45, 2.75) is 37.8 Å². The molecule has 0 aliphatic heterocycles. The van der Waals surface area contributed by atoms with E-state index in [1.165, 1.54) is 0 Å². The molecule has 1 aliphatic carbocycles. The molecule has 1 aliphatic rings. The van der Waals surface area contributed by atoms with Gasteiger partial charge >= 0.3 is 6.09 Å². The molecule has 0 aromatic carbocycles. The van der Waals surface area contributed by atoms with Gasteiger partial charge in [0.05, 0.1) is 4.47 Å². The van der Waals surface area contributed by atoms with Gasteiger partial charge in [-0.1, -0.05) is 0 Å². The van der Waals surface area contributed by atoms with Gasteiger partial charge in [0.2, 0.25) is 5.95 Å². The number of nitrogens with two attached hydrogens (primary N) is 1. The van der Waals surface area contributed by atoms with Crippen LogP contribution in [0.15, 0.2) is 16.9 Å². The molecule has 6 nitrogen and oxygen atoms in total. The number of aromatic nitrogens is 2. The Balaban J connectivity index is 1.79. The van der Waals surface area contributed by atoms with Crippen molar-refractivity contribution in [3.8, 4) is 0 Å². The first-order valence-corrected chi connectivity index (χ1v) is 6.63. The summed E-state index contributed by atoms with van der Waals surface area (Å²) in [5.74, 6) is 0.623. The highest BCUT2D eigenvalue weighted by atomic mass is 79.9. The lowest BCUT2D eigenvalue weighted by Gasteiger charge is -2.28. The Hall–Kier alpha value is -1.37. The van der Waals surface area contributed by atoms with Gasteiger partial charge in [0.1, 0.15) is 6.10 Å². The van der Waals surface area contributed by atoms with Crippen molar-refractivity contribution in [2.24, 2.45) is 5.73 Å². The van der Waals surface area contributed by atoms with Gasteiger partial charge in [0.25, 0.3) is 0 Å². The van der Waals surface area contributed by atoms with Crippen LogP contribution in [0.4, 0.5) is 10.7 Å². The van der Waals surface area contributed by atoms with Crippen molar-refractivity contribution in [2.75, 3.05) is 5.32 Å². The van der Waals surface area contributed by atoms with Crippen molar-refractivity contribution in [3.63, 3.8) is 0 Å². The van der Waals surface area contributed by atoms with E-state index in [1.54, 1.807) is 12.4 Å². The Kier molecular flexibility index (Phi) is 4.35. The molecule has 1 saturated carbocycles. The number of halogens is 1. The largest absolute Gasteiger partial charge is 0.446 e. The van der Waals surface area contributed by atoms with E-state index in [-0.39, 0.29) is 6.10 Å². The minimum atomic E-state index is -0.692. The molecule has 1 fully saturated rings. The zero-order valence-electron chi connectivity index (χ0n) is 9.80. The third kappa shape index (κ3) is 3.83. The van der Waals surface area contributed by atoms with E-state index in [9.17, 15) is 4.79 Å². The van der Waals surface area contributed by atoms with Crippen molar-refractivity contribution in [1.82, 2.24) is 9.97 Å². The number of carbonyl (C=O) groups excluding carboxylic acids is 1. The monoisotopic (exact) mass is 314 g/mol. The molecular formula is C11H15BrN4O2. The van der Waals surface area contributed by atoms with Crippen LogP contribution in [0.2, 0.25) is 0 Å². The van der Waals surface area contributed by atoms with Crippen LogP contribution in [-0.2, 0) is 4.74 Å². The van der Waals surface area contributed by atoms with Crippen LogP contribution in [0.25, 0.3) is 0 Å². The SMILES string of the molecule is NC(=O)O[C@H]1CC[C@H](Nc2ncc(Br)cn2)CC1. The number of carbonyl (C=O) groups is 1. The van der Waals surface area contributed by atoms with E-state index < -0.39 is 6.09 Å². The van der Waals surface area contributed by atoms with Crippen LogP contribution in [0, 0.1) is 0 Å². The highest BCUT2D eigenvalue weighted by molar-refractivity contribution is 9.10. The average Bonchev–Trinajstić information content (AvgIpc) is 2.34. The van der Waals surface area contributed by atoms with Gasteiger partial charge in [-0.25, -0.2) is 14.8 Å². The van der Waals surface area contributed by atoms with E-state index in [1.807, 2.05) is 0 Å². The van der Waals surface area contributed by atoms with Crippen molar-refractivity contribution >= 4 is 28.0 Å². The van der Waals surface area contributed by atoms with Gasteiger partial charge in [-0.15, -0.1) is 0 Å². The third-order valence-electron chi connectivity index (χ3n) is 2.91. The fourth-order valence-electron chi connectivity index (χ4n) is 2.06. The number of nitrogens with one attached hydrogen (secondary N) is 1. The van der Waals surface area contributed by atoms with E-state index in [0.29, 0.717) is 12.0 Å². The molecule has 1 heterocycles. The lowest BCUT2D eigenvalue weighted by Crippen LogP contribution is -2.32. The first kappa shape index (κ1) is 13.1. The summed E-state index contributed by atoms with van der Waals surface area (Å²) in [5, 5.41) is 3.27. The Morgan fingerprint density at radius 1 is 1.33 bits per heavy atom. The molecule has 18 heavy (non-hydrogen) atoms. The summed E-state index contributed by atoms with van der Waals surface area (Å²) >= 11 is 3.29. The molecule has 3 N–H and O–H groups in total. The number of hydrogen-bond donors (Lipinski definition) is 2. The number of ether oxygens (including phenoxy) is 1. The standard InChI is InChI=1S/C11H15BrN4O2/c12-7-5-14-11(15-6-7)16-8-1-3-9(4-2-8)18-10(13)17/h5-6,8-9H,1-4H2,(H2,13,17)(H,14,15,16)/t8-,9-. The lowest BCUT2D eigenvalue weighted by molar-refractivity contribution is 0.0805. The van der Waals surface area contributed by atoms with Gasteiger partial charge in [0, 0.05) is 18.4 Å². The fraction of sp³-hybridized carbons (Fsp3) is 0.545. The van der Waals surface area contributed by atoms with E-state index >= 15 is 0 Å². The smallest absolute Gasteiger partial charge is 0.404 e. The zero-order chi connectivity index (χ0) is 13.0. The highest BCUT2D eigenvalue weighted by Gasteiger charge is 2.23. The van der Waals surface area contributed by atoms with Crippen LogP contribution in [0.1, 0.15) is 25.7 Å². The second kappa shape index (κ2) is 5.99. The Morgan fingerprint density at radius 2 is 1.94 bits per heavy atom. The van der Waals surface area contributed by atoms with Crippen molar-refractivity contribution in [3.05, 3.63) is 16.9 Å². The van der Waals surface area contributed by atoms with Gasteiger partial charge < -0.3 is 15.8 Å². The topological polar surface area (TPSA) is 90.1 Å². The van der Waals surface area contributed by atoms with Gasteiger partial charge in [-0.05, 0) is 41.6 Å². The Labute approximate surface area is 113 Å². The maximum absolute atomic E-state index is 10.6. The molecule has 0 bridgehead atoms. The van der Waals surface area contributed by atoms with E-state index in [2.05, 4.69) is 31.2 Å². The van der Waals surface area contributed by atoms with Crippen LogP contribution in [0.5, 0.6) is 0 Å². The summed E-state index contributed by atoms with van der Waals surface area (Å²) in [7, 11) is 0. The van der Waals surface area contributed by atoms with Crippen molar-refractivity contribution in [1.29, 1.82) is 0 Å². The van der Waals surface area contributed by atoms with Crippen LogP contribution in [0.3, 0.4) is 0 Å². The summed E-state index contributed by atoms with van der Waals surface area (Å²) in [6.07, 6.45) is 6.13. The Morgan fingerprint density at radius 3 is 2.50 bits per heavy atom. The number of nitrogens with zero attached hydrogens (tertiary/aromatic N) is 2. The molecule has 1 amide bonds. The zero-order valence-corrected chi connectivity index (χ0v) is 11.4. The fourth-order valence-corrected chi connectivity index (χ4v) is 2.26. The predicted molar refractivity (Wildman–Crippen MR) is 70.1 cm³/mol. The number of rotatable bonds is 3. The molecule has 1 aromatic heterocycles. The molecule has 0 spiro atoms. The molecule has 1 aromatic rings. The molecule has 0 atom stereocenters. The molecule has 0 saturated heterocycles. The van der Waals surface area contributed by atoms with Gasteiger partial charge in [-0.2, -0.15) is 0 Å². The first-order valence-electron chi connectivity index (χ1n) is 5.83. The molecular weight excluding hydrogens is 300 g/mol. The quantitative estimate of drug-likeness (QED) is 0.891.